The number of hydrogen-bond donors (Lipinski definition) is 6. The Morgan fingerprint density at radius 1 is 1.10 bits per heavy atom. The van der Waals surface area contributed by atoms with Crippen LogP contribution in [-0.2, 0) is 14.2 Å². The molecule has 1 fully saturated rings. The normalized spacial score (nSPS) is 22.3. The van der Waals surface area contributed by atoms with Crippen LogP contribution in [0.5, 0.6) is 0 Å². The molecule has 0 aromatic rings. The zero-order valence-corrected chi connectivity index (χ0v) is 20.3. The molecule has 1 aliphatic heterocycles. The van der Waals surface area contributed by atoms with Crippen LogP contribution in [0.4, 0.5) is 0 Å². The number of carbonyl (C=O) groups is 2. The Hall–Kier alpha value is -0.990. The maximum absolute atomic E-state index is 13.0. The van der Waals surface area contributed by atoms with Gasteiger partial charge in [-0.2, -0.15) is 0 Å². The highest BCUT2D eigenvalue weighted by molar-refractivity contribution is 7.52. The van der Waals surface area contributed by atoms with Crippen molar-refractivity contribution in [2.24, 2.45) is 5.92 Å². The van der Waals surface area contributed by atoms with Crippen LogP contribution in [0.3, 0.4) is 0 Å². The smallest absolute Gasteiger partial charge is 0.342 e. The van der Waals surface area contributed by atoms with E-state index in [4.69, 9.17) is 0 Å². The number of amides is 2. The van der Waals surface area contributed by atoms with Crippen LogP contribution in [0.15, 0.2) is 0 Å². The fourth-order valence-electron chi connectivity index (χ4n) is 3.74. The van der Waals surface area contributed by atoms with Crippen LogP contribution < -0.4 is 21.3 Å². The van der Waals surface area contributed by atoms with E-state index in [1.165, 1.54) is 0 Å². The molecule has 0 saturated carbocycles. The molecule has 9 nitrogen and oxygen atoms in total. The first kappa shape index (κ1) is 28.0. The number of hydrogen-bond acceptors (Lipinski definition) is 5. The van der Waals surface area contributed by atoms with Crippen molar-refractivity contribution >= 4 is 19.4 Å². The van der Waals surface area contributed by atoms with E-state index in [1.54, 1.807) is 6.92 Å². The lowest BCUT2D eigenvalue weighted by molar-refractivity contribution is -0.130. The van der Waals surface area contributed by atoms with Crippen molar-refractivity contribution in [3.8, 4) is 0 Å². The second kappa shape index (κ2) is 15.0. The van der Waals surface area contributed by atoms with E-state index >= 15 is 0 Å². The number of rotatable bonds is 8. The maximum Gasteiger partial charge on any atom is 0.342 e. The predicted octanol–water partition coefficient (Wildman–Crippen LogP) is 1.84. The summed E-state index contributed by atoms with van der Waals surface area (Å²) in [5.74, 6) is -1.53. The summed E-state index contributed by atoms with van der Waals surface area (Å²) >= 11 is 0. The van der Waals surface area contributed by atoms with Crippen LogP contribution in [0.2, 0.25) is 0 Å². The quantitative estimate of drug-likeness (QED) is 0.303. The zero-order valence-electron chi connectivity index (χ0n) is 19.4. The van der Waals surface area contributed by atoms with E-state index in [0.29, 0.717) is 19.4 Å². The lowest BCUT2D eigenvalue weighted by Gasteiger charge is -2.28. The SMILES string of the molecule is CC[C@H](N[C@@H](CC(C)C)C(=O)NC1CCCCNCCCCCCNC1=O)P(=O)(O)O. The topological polar surface area (TPSA) is 140 Å². The molecule has 0 radical (unpaired) electrons. The van der Waals surface area contributed by atoms with Crippen molar-refractivity contribution in [1.29, 1.82) is 0 Å². The molecule has 2 amide bonds. The summed E-state index contributed by atoms with van der Waals surface area (Å²) in [6.07, 6.45) is 7.10. The van der Waals surface area contributed by atoms with Crippen molar-refractivity contribution in [3.05, 3.63) is 0 Å². The summed E-state index contributed by atoms with van der Waals surface area (Å²) in [6.45, 7) is 8.04. The van der Waals surface area contributed by atoms with Crippen molar-refractivity contribution in [2.45, 2.75) is 96.4 Å². The summed E-state index contributed by atoms with van der Waals surface area (Å²) in [5, 5.41) is 12.0. The Morgan fingerprint density at radius 3 is 2.29 bits per heavy atom. The first-order valence-corrected chi connectivity index (χ1v) is 13.4. The molecule has 1 saturated heterocycles. The van der Waals surface area contributed by atoms with Crippen molar-refractivity contribution < 1.29 is 23.9 Å². The fraction of sp³-hybridized carbons (Fsp3) is 0.905. The van der Waals surface area contributed by atoms with Gasteiger partial charge in [0.25, 0.3) is 0 Å². The molecule has 0 spiro atoms. The van der Waals surface area contributed by atoms with Gasteiger partial charge in [0.05, 0.1) is 6.04 Å². The Labute approximate surface area is 187 Å². The molecule has 3 atom stereocenters. The van der Waals surface area contributed by atoms with Gasteiger partial charge in [0.2, 0.25) is 11.8 Å². The molecule has 0 aromatic carbocycles. The molecule has 1 heterocycles. The van der Waals surface area contributed by atoms with E-state index in [-0.39, 0.29) is 24.2 Å². The third kappa shape index (κ3) is 12.0. The minimum atomic E-state index is -4.38. The Balaban J connectivity index is 2.83. The lowest BCUT2D eigenvalue weighted by atomic mass is 10.0. The molecule has 1 aliphatic rings. The van der Waals surface area contributed by atoms with E-state index in [2.05, 4.69) is 21.3 Å². The van der Waals surface area contributed by atoms with E-state index in [1.807, 2.05) is 13.8 Å². The highest BCUT2D eigenvalue weighted by Gasteiger charge is 2.33. The van der Waals surface area contributed by atoms with Gasteiger partial charge in [-0.15, -0.1) is 0 Å². The molecule has 31 heavy (non-hydrogen) atoms. The average molecular weight is 463 g/mol. The second-order valence-electron chi connectivity index (χ2n) is 8.87. The molecule has 182 valence electrons. The van der Waals surface area contributed by atoms with Crippen LogP contribution in [-0.4, -0.2) is 59.1 Å². The standard InChI is InChI=1S/C21H43N4O5P/c1-4-19(31(28,29)30)24-18(15-16(2)3)21(27)25-17-11-7-10-13-22-12-8-5-6-9-14-23-20(17)26/h16-19,22,24H,4-15H2,1-3H3,(H,23,26)(H,25,27)(H2,28,29,30)/t17?,18-,19+/m0/s1. The van der Waals surface area contributed by atoms with Gasteiger partial charge in [0, 0.05) is 6.54 Å². The maximum atomic E-state index is 13.0. The lowest BCUT2D eigenvalue weighted by Crippen LogP contribution is -2.54. The van der Waals surface area contributed by atoms with Crippen LogP contribution >= 0.6 is 7.60 Å². The highest BCUT2D eigenvalue weighted by Crippen LogP contribution is 2.41. The second-order valence-corrected chi connectivity index (χ2v) is 10.7. The Morgan fingerprint density at radius 2 is 1.71 bits per heavy atom. The van der Waals surface area contributed by atoms with Crippen molar-refractivity contribution in [2.75, 3.05) is 19.6 Å². The monoisotopic (exact) mass is 462 g/mol. The van der Waals surface area contributed by atoms with Crippen LogP contribution in [0, 0.1) is 5.92 Å². The van der Waals surface area contributed by atoms with E-state index in [0.717, 1.165) is 51.6 Å². The third-order valence-corrected chi connectivity index (χ3v) is 6.85. The molecule has 0 bridgehead atoms. The van der Waals surface area contributed by atoms with Gasteiger partial charge in [-0.3, -0.25) is 19.5 Å². The van der Waals surface area contributed by atoms with Gasteiger partial charge in [-0.25, -0.2) is 0 Å². The first-order valence-electron chi connectivity index (χ1n) is 11.7. The number of carbonyl (C=O) groups excluding carboxylic acids is 2. The summed E-state index contributed by atoms with van der Waals surface area (Å²) < 4.78 is 11.7. The molecule has 0 aliphatic carbocycles. The van der Waals surface area contributed by atoms with Gasteiger partial charge in [0.1, 0.15) is 11.8 Å². The molecule has 10 heteroatoms. The first-order chi connectivity index (χ1) is 14.6. The molecular formula is C21H43N4O5P. The van der Waals surface area contributed by atoms with Crippen LogP contribution in [0.25, 0.3) is 0 Å². The predicted molar refractivity (Wildman–Crippen MR) is 123 cm³/mol. The van der Waals surface area contributed by atoms with Gasteiger partial charge < -0.3 is 25.7 Å². The van der Waals surface area contributed by atoms with Gasteiger partial charge in [-0.1, -0.05) is 33.6 Å². The van der Waals surface area contributed by atoms with E-state index in [9.17, 15) is 23.9 Å². The molecule has 1 unspecified atom stereocenters. The average Bonchev–Trinajstić information content (AvgIpc) is 2.68. The third-order valence-electron chi connectivity index (χ3n) is 5.52. The largest absolute Gasteiger partial charge is 0.354 e. The van der Waals surface area contributed by atoms with Gasteiger partial charge >= 0.3 is 7.60 Å². The Bertz CT molecular complexity index is 584. The highest BCUT2D eigenvalue weighted by atomic mass is 31.2. The number of nitrogens with one attached hydrogen (secondary N) is 4. The summed E-state index contributed by atoms with van der Waals surface area (Å²) in [5.41, 5.74) is 0. The minimum absolute atomic E-state index is 0.140. The molecular weight excluding hydrogens is 419 g/mol. The summed E-state index contributed by atoms with van der Waals surface area (Å²) in [4.78, 5) is 44.9. The van der Waals surface area contributed by atoms with E-state index < -0.39 is 25.5 Å². The van der Waals surface area contributed by atoms with Gasteiger partial charge in [0.15, 0.2) is 0 Å². The summed E-state index contributed by atoms with van der Waals surface area (Å²) in [7, 11) is -4.38. The Kier molecular flexibility index (Phi) is 13.5. The molecule has 1 rings (SSSR count). The minimum Gasteiger partial charge on any atom is -0.354 e. The van der Waals surface area contributed by atoms with Gasteiger partial charge in [-0.05, 0) is 64.0 Å². The van der Waals surface area contributed by atoms with Crippen LogP contribution in [0.1, 0.15) is 78.6 Å². The van der Waals surface area contributed by atoms with Crippen molar-refractivity contribution in [1.82, 2.24) is 21.3 Å². The zero-order chi connectivity index (χ0) is 23.3. The molecule has 0 aromatic heterocycles. The fourth-order valence-corrected chi connectivity index (χ4v) is 4.58. The molecule has 6 N–H and O–H groups in total. The van der Waals surface area contributed by atoms with Crippen molar-refractivity contribution in [3.63, 3.8) is 0 Å². The summed E-state index contributed by atoms with van der Waals surface area (Å²) in [6, 6.07) is -1.43.